The van der Waals surface area contributed by atoms with Gasteiger partial charge in [0.15, 0.2) is 0 Å². The van der Waals surface area contributed by atoms with Gasteiger partial charge in [-0.15, -0.1) is 11.8 Å². The van der Waals surface area contributed by atoms with Gasteiger partial charge in [-0.2, -0.15) is 0 Å². The number of nitrogens with two attached hydrogens (primary N) is 1. The van der Waals surface area contributed by atoms with Crippen molar-refractivity contribution >= 4 is 23.1 Å². The number of aliphatic hydroxyl groups excluding tert-OH is 1. The lowest BCUT2D eigenvalue weighted by Crippen LogP contribution is -2.15. The van der Waals surface area contributed by atoms with Crippen molar-refractivity contribution in [2.75, 3.05) is 5.73 Å². The third kappa shape index (κ3) is 2.86. The zero-order chi connectivity index (χ0) is 12.3. The Bertz CT molecular complexity index is 396. The summed E-state index contributed by atoms with van der Waals surface area (Å²) in [6.07, 6.45) is -0.536. The van der Waals surface area contributed by atoms with Crippen LogP contribution in [-0.2, 0) is 0 Å². The molecule has 0 amide bonds. The second kappa shape index (κ2) is 5.18. The number of thioether (sulfide) groups is 1. The molecule has 3 N–H and O–H groups in total. The summed E-state index contributed by atoms with van der Waals surface area (Å²) < 4.78 is 0. The van der Waals surface area contributed by atoms with E-state index in [0.717, 1.165) is 0 Å². The molecule has 88 valence electrons. The number of para-hydroxylation sites is 1. The number of aliphatic hydroxyl groups is 1. The molecule has 0 fully saturated rings. The summed E-state index contributed by atoms with van der Waals surface area (Å²) in [5.74, 6) is 0. The Kier molecular flexibility index (Phi) is 4.14. The third-order valence-electron chi connectivity index (χ3n) is 2.20. The molecule has 0 aliphatic heterocycles. The van der Waals surface area contributed by atoms with E-state index in [2.05, 4.69) is 0 Å². The molecular weight excluding hydrogens is 228 g/mol. The monoisotopic (exact) mass is 242 g/mol. The first-order valence-electron chi connectivity index (χ1n) is 4.81. The summed E-state index contributed by atoms with van der Waals surface area (Å²) in [5, 5.41) is 20.1. The molecule has 0 heterocycles. The summed E-state index contributed by atoms with van der Waals surface area (Å²) in [5.41, 5.74) is 5.62. The first-order valence-corrected chi connectivity index (χ1v) is 5.69. The van der Waals surface area contributed by atoms with Crippen molar-refractivity contribution in [3.05, 3.63) is 28.3 Å². The number of nitro groups is 1. The van der Waals surface area contributed by atoms with Crippen LogP contribution >= 0.6 is 11.8 Å². The van der Waals surface area contributed by atoms with Crippen LogP contribution in [0.15, 0.2) is 23.1 Å². The number of nitrogen functional groups attached to an aromatic ring is 1. The Balaban J connectivity index is 3.04. The summed E-state index contributed by atoms with van der Waals surface area (Å²) in [6, 6.07) is 4.80. The van der Waals surface area contributed by atoms with Crippen LogP contribution in [0.5, 0.6) is 0 Å². The molecule has 0 aliphatic rings. The molecule has 1 rings (SSSR count). The molecule has 0 spiro atoms. The maximum atomic E-state index is 10.8. The molecule has 1 aromatic carbocycles. The van der Waals surface area contributed by atoms with Crippen molar-refractivity contribution in [2.24, 2.45) is 0 Å². The fraction of sp³-hybridized carbons (Fsp3) is 0.400. The van der Waals surface area contributed by atoms with E-state index in [-0.39, 0.29) is 16.6 Å². The van der Waals surface area contributed by atoms with Crippen molar-refractivity contribution in [1.29, 1.82) is 0 Å². The molecule has 0 saturated heterocycles. The second-order valence-corrected chi connectivity index (χ2v) is 4.93. The molecule has 2 unspecified atom stereocenters. The predicted molar refractivity (Wildman–Crippen MR) is 64.5 cm³/mol. The minimum Gasteiger partial charge on any atom is -0.393 e. The van der Waals surface area contributed by atoms with Crippen molar-refractivity contribution in [2.45, 2.75) is 30.1 Å². The van der Waals surface area contributed by atoms with Crippen LogP contribution in [0.1, 0.15) is 13.8 Å². The Morgan fingerprint density at radius 3 is 2.62 bits per heavy atom. The molecule has 1 aromatic rings. The molecule has 0 bridgehead atoms. The van der Waals surface area contributed by atoms with Gasteiger partial charge >= 0.3 is 5.69 Å². The van der Waals surface area contributed by atoms with Crippen LogP contribution in [-0.4, -0.2) is 21.4 Å². The number of rotatable bonds is 4. The molecular formula is C10H14N2O3S. The number of nitro benzene ring substituents is 1. The summed E-state index contributed by atoms with van der Waals surface area (Å²) in [7, 11) is 0. The van der Waals surface area contributed by atoms with Crippen molar-refractivity contribution in [3.63, 3.8) is 0 Å². The molecule has 6 heteroatoms. The average molecular weight is 242 g/mol. The molecule has 16 heavy (non-hydrogen) atoms. The molecule has 0 aliphatic carbocycles. The van der Waals surface area contributed by atoms with E-state index in [0.29, 0.717) is 4.90 Å². The highest BCUT2D eigenvalue weighted by Crippen LogP contribution is 2.36. The van der Waals surface area contributed by atoms with Crippen LogP contribution in [0.2, 0.25) is 0 Å². The summed E-state index contributed by atoms with van der Waals surface area (Å²) in [6.45, 7) is 3.46. The van der Waals surface area contributed by atoms with E-state index in [4.69, 9.17) is 5.73 Å². The van der Waals surface area contributed by atoms with Gasteiger partial charge < -0.3 is 10.8 Å². The normalized spacial score (nSPS) is 14.4. The van der Waals surface area contributed by atoms with Crippen molar-refractivity contribution in [3.8, 4) is 0 Å². The maximum Gasteiger partial charge on any atom is 0.305 e. The van der Waals surface area contributed by atoms with Gasteiger partial charge in [0.1, 0.15) is 5.69 Å². The van der Waals surface area contributed by atoms with Crippen LogP contribution in [0.3, 0.4) is 0 Å². The molecule has 2 atom stereocenters. The van der Waals surface area contributed by atoms with E-state index < -0.39 is 11.0 Å². The van der Waals surface area contributed by atoms with E-state index in [9.17, 15) is 15.2 Å². The fourth-order valence-electron chi connectivity index (χ4n) is 1.13. The molecule has 0 saturated carbocycles. The van der Waals surface area contributed by atoms with Crippen LogP contribution in [0, 0.1) is 10.1 Å². The largest absolute Gasteiger partial charge is 0.393 e. The van der Waals surface area contributed by atoms with E-state index in [1.54, 1.807) is 19.1 Å². The van der Waals surface area contributed by atoms with Gasteiger partial charge in [0.2, 0.25) is 0 Å². The number of anilines is 1. The quantitative estimate of drug-likeness (QED) is 0.365. The van der Waals surface area contributed by atoms with Crippen LogP contribution in [0.25, 0.3) is 0 Å². The van der Waals surface area contributed by atoms with Crippen molar-refractivity contribution in [1.82, 2.24) is 0 Å². The number of nitrogens with zero attached hydrogens (tertiary/aromatic N) is 1. The zero-order valence-electron chi connectivity index (χ0n) is 9.08. The van der Waals surface area contributed by atoms with Gasteiger partial charge in [0, 0.05) is 5.25 Å². The Hall–Kier alpha value is -1.27. The third-order valence-corrected chi connectivity index (χ3v) is 3.55. The lowest BCUT2D eigenvalue weighted by molar-refractivity contribution is -0.386. The van der Waals surface area contributed by atoms with E-state index >= 15 is 0 Å². The van der Waals surface area contributed by atoms with E-state index in [1.807, 2.05) is 6.92 Å². The summed E-state index contributed by atoms with van der Waals surface area (Å²) >= 11 is 1.25. The number of hydrogen-bond acceptors (Lipinski definition) is 5. The molecule has 0 radical (unpaired) electrons. The Labute approximate surface area is 97.8 Å². The van der Waals surface area contributed by atoms with Gasteiger partial charge in [0.25, 0.3) is 0 Å². The lowest BCUT2D eigenvalue weighted by atomic mass is 10.3. The SMILES string of the molecule is CC(O)C(C)Sc1cccc(N)c1[N+](=O)[O-]. The maximum absolute atomic E-state index is 10.8. The topological polar surface area (TPSA) is 89.4 Å². The second-order valence-electron chi connectivity index (χ2n) is 3.51. The van der Waals surface area contributed by atoms with Crippen LogP contribution < -0.4 is 5.73 Å². The molecule has 0 aromatic heterocycles. The van der Waals surface area contributed by atoms with Crippen LogP contribution in [0.4, 0.5) is 11.4 Å². The highest BCUT2D eigenvalue weighted by atomic mass is 32.2. The smallest absolute Gasteiger partial charge is 0.305 e. The Morgan fingerprint density at radius 1 is 1.50 bits per heavy atom. The minimum atomic E-state index is -0.536. The van der Waals surface area contributed by atoms with E-state index in [1.165, 1.54) is 17.8 Å². The highest BCUT2D eigenvalue weighted by molar-refractivity contribution is 8.00. The Morgan fingerprint density at radius 2 is 2.12 bits per heavy atom. The first kappa shape index (κ1) is 12.8. The fourth-order valence-corrected chi connectivity index (χ4v) is 2.19. The van der Waals surface area contributed by atoms with Gasteiger partial charge in [-0.3, -0.25) is 10.1 Å². The van der Waals surface area contributed by atoms with Gasteiger partial charge in [-0.25, -0.2) is 0 Å². The predicted octanol–water partition coefficient (Wildman–Crippen LogP) is 2.04. The highest BCUT2D eigenvalue weighted by Gasteiger charge is 2.21. The zero-order valence-corrected chi connectivity index (χ0v) is 9.90. The van der Waals surface area contributed by atoms with Gasteiger partial charge in [-0.1, -0.05) is 13.0 Å². The molecule has 5 nitrogen and oxygen atoms in total. The number of hydrogen-bond donors (Lipinski definition) is 2. The van der Waals surface area contributed by atoms with Crippen molar-refractivity contribution < 1.29 is 10.0 Å². The lowest BCUT2D eigenvalue weighted by Gasteiger charge is -2.14. The van der Waals surface area contributed by atoms with Gasteiger partial charge in [-0.05, 0) is 19.1 Å². The average Bonchev–Trinajstić information content (AvgIpc) is 2.16. The van der Waals surface area contributed by atoms with Gasteiger partial charge in [0.05, 0.1) is 15.9 Å². The first-order chi connectivity index (χ1) is 7.43. The number of benzene rings is 1. The minimum absolute atomic E-state index is 0.0833. The standard InChI is InChI=1S/C10H14N2O3S/c1-6(13)7(2)16-9-5-3-4-8(11)10(9)12(14)15/h3-7,13H,11H2,1-2H3. The summed E-state index contributed by atoms with van der Waals surface area (Å²) in [4.78, 5) is 10.8.